The zero-order valence-corrected chi connectivity index (χ0v) is 12.9. The van der Waals surface area contributed by atoms with Gasteiger partial charge in [0.15, 0.2) is 0 Å². The van der Waals surface area contributed by atoms with Crippen molar-refractivity contribution in [3.8, 4) is 0 Å². The molecular formula is C14H23N5O2. The van der Waals surface area contributed by atoms with Crippen LogP contribution in [0.15, 0.2) is 6.33 Å². The molecule has 0 bridgehead atoms. The van der Waals surface area contributed by atoms with Gasteiger partial charge in [0.05, 0.1) is 12.6 Å². The van der Waals surface area contributed by atoms with Crippen molar-refractivity contribution in [2.75, 3.05) is 13.1 Å². The summed E-state index contributed by atoms with van der Waals surface area (Å²) < 4.78 is 1.67. The van der Waals surface area contributed by atoms with E-state index in [9.17, 15) is 9.59 Å². The van der Waals surface area contributed by atoms with Crippen LogP contribution in [-0.2, 0) is 16.6 Å². The summed E-state index contributed by atoms with van der Waals surface area (Å²) in [6.07, 6.45) is 3.65. The summed E-state index contributed by atoms with van der Waals surface area (Å²) in [5, 5.41) is 7.04. The molecule has 2 amide bonds. The van der Waals surface area contributed by atoms with Gasteiger partial charge in [0.2, 0.25) is 11.8 Å². The molecule has 2 heterocycles. The summed E-state index contributed by atoms with van der Waals surface area (Å²) in [4.78, 5) is 29.6. The van der Waals surface area contributed by atoms with Crippen LogP contribution in [0.25, 0.3) is 0 Å². The number of aryl methyl sites for hydroxylation is 1. The Labute approximate surface area is 124 Å². The molecule has 0 aliphatic carbocycles. The third-order valence-electron chi connectivity index (χ3n) is 3.61. The van der Waals surface area contributed by atoms with Crippen molar-refractivity contribution in [1.82, 2.24) is 25.0 Å². The van der Waals surface area contributed by atoms with Crippen LogP contribution in [0.1, 0.15) is 45.0 Å². The third kappa shape index (κ3) is 4.03. The van der Waals surface area contributed by atoms with Crippen LogP contribution in [0.5, 0.6) is 0 Å². The second-order valence-electron chi connectivity index (χ2n) is 5.91. The molecule has 0 spiro atoms. The largest absolute Gasteiger partial charge is 0.345 e. The SMILES string of the molecule is CC(C)CC(NC(=O)CN1CCCC1=O)c1ncnn1C. The Morgan fingerprint density at radius 2 is 2.24 bits per heavy atom. The van der Waals surface area contributed by atoms with E-state index < -0.39 is 0 Å². The minimum Gasteiger partial charge on any atom is -0.345 e. The fourth-order valence-electron chi connectivity index (χ4n) is 2.61. The molecular weight excluding hydrogens is 270 g/mol. The van der Waals surface area contributed by atoms with E-state index in [1.165, 1.54) is 6.33 Å². The number of amides is 2. The number of aromatic nitrogens is 3. The van der Waals surface area contributed by atoms with Gasteiger partial charge in [0.1, 0.15) is 12.2 Å². The summed E-state index contributed by atoms with van der Waals surface area (Å²) >= 11 is 0. The molecule has 1 aromatic heterocycles. The molecule has 0 aromatic carbocycles. The molecule has 1 atom stereocenters. The number of rotatable bonds is 6. The topological polar surface area (TPSA) is 80.1 Å². The van der Waals surface area contributed by atoms with Gasteiger partial charge in [-0.05, 0) is 18.8 Å². The minimum absolute atomic E-state index is 0.0595. The van der Waals surface area contributed by atoms with Crippen molar-refractivity contribution in [1.29, 1.82) is 0 Å². The van der Waals surface area contributed by atoms with Crippen molar-refractivity contribution < 1.29 is 9.59 Å². The molecule has 2 rings (SSSR count). The van der Waals surface area contributed by atoms with E-state index in [0.717, 1.165) is 18.7 Å². The molecule has 1 aromatic rings. The lowest BCUT2D eigenvalue weighted by Crippen LogP contribution is -2.40. The van der Waals surface area contributed by atoms with Gasteiger partial charge in [0, 0.05) is 20.0 Å². The number of hydrogen-bond donors (Lipinski definition) is 1. The highest BCUT2D eigenvalue weighted by molar-refractivity contribution is 5.85. The maximum Gasteiger partial charge on any atom is 0.240 e. The molecule has 7 nitrogen and oxygen atoms in total. The van der Waals surface area contributed by atoms with Crippen molar-refractivity contribution in [3.05, 3.63) is 12.2 Å². The smallest absolute Gasteiger partial charge is 0.240 e. The highest BCUT2D eigenvalue weighted by Crippen LogP contribution is 2.19. The third-order valence-corrected chi connectivity index (χ3v) is 3.61. The van der Waals surface area contributed by atoms with Crippen molar-refractivity contribution >= 4 is 11.8 Å². The lowest BCUT2D eigenvalue weighted by atomic mass is 10.0. The van der Waals surface area contributed by atoms with Crippen molar-refractivity contribution in [2.24, 2.45) is 13.0 Å². The fourth-order valence-corrected chi connectivity index (χ4v) is 2.61. The Kier molecular flexibility index (Phi) is 4.93. The van der Waals surface area contributed by atoms with E-state index in [1.807, 2.05) is 7.05 Å². The Morgan fingerprint density at radius 1 is 1.48 bits per heavy atom. The zero-order chi connectivity index (χ0) is 15.4. The Hall–Kier alpha value is -1.92. The van der Waals surface area contributed by atoms with Gasteiger partial charge in [-0.3, -0.25) is 14.3 Å². The van der Waals surface area contributed by atoms with Gasteiger partial charge in [-0.15, -0.1) is 0 Å². The van der Waals surface area contributed by atoms with E-state index in [4.69, 9.17) is 0 Å². The lowest BCUT2D eigenvalue weighted by molar-refractivity contribution is -0.133. The van der Waals surface area contributed by atoms with E-state index in [1.54, 1.807) is 9.58 Å². The average molecular weight is 293 g/mol. The van der Waals surface area contributed by atoms with Gasteiger partial charge >= 0.3 is 0 Å². The van der Waals surface area contributed by atoms with Gasteiger partial charge < -0.3 is 10.2 Å². The van der Waals surface area contributed by atoms with Crippen molar-refractivity contribution in [3.63, 3.8) is 0 Å². The molecule has 1 aliphatic heterocycles. The van der Waals surface area contributed by atoms with E-state index in [-0.39, 0.29) is 24.4 Å². The Morgan fingerprint density at radius 3 is 2.76 bits per heavy atom. The second kappa shape index (κ2) is 6.69. The van der Waals surface area contributed by atoms with Crippen LogP contribution >= 0.6 is 0 Å². The monoisotopic (exact) mass is 293 g/mol. The van der Waals surface area contributed by atoms with Crippen LogP contribution < -0.4 is 5.32 Å². The summed E-state index contributed by atoms with van der Waals surface area (Å²) in [7, 11) is 1.81. The van der Waals surface area contributed by atoms with E-state index in [2.05, 4.69) is 29.2 Å². The second-order valence-corrected chi connectivity index (χ2v) is 5.91. The van der Waals surface area contributed by atoms with Crippen LogP contribution in [0.2, 0.25) is 0 Å². The first-order chi connectivity index (χ1) is 9.97. The molecule has 21 heavy (non-hydrogen) atoms. The molecule has 1 N–H and O–H groups in total. The number of likely N-dealkylation sites (tertiary alicyclic amines) is 1. The maximum atomic E-state index is 12.2. The quantitative estimate of drug-likeness (QED) is 0.834. The highest BCUT2D eigenvalue weighted by Gasteiger charge is 2.25. The molecule has 1 fully saturated rings. The van der Waals surface area contributed by atoms with Gasteiger partial charge in [-0.25, -0.2) is 4.98 Å². The summed E-state index contributed by atoms with van der Waals surface area (Å²) in [6.45, 7) is 5.00. The first-order valence-electron chi connectivity index (χ1n) is 7.38. The van der Waals surface area contributed by atoms with Crippen molar-refractivity contribution in [2.45, 2.75) is 39.2 Å². The average Bonchev–Trinajstić information content (AvgIpc) is 2.98. The first-order valence-corrected chi connectivity index (χ1v) is 7.38. The molecule has 0 saturated carbocycles. The van der Waals surface area contributed by atoms with Crippen LogP contribution in [0, 0.1) is 5.92 Å². The predicted octanol–water partition coefficient (Wildman–Crippen LogP) is 0.641. The fraction of sp³-hybridized carbons (Fsp3) is 0.714. The summed E-state index contributed by atoms with van der Waals surface area (Å²) in [5.74, 6) is 1.08. The molecule has 1 aliphatic rings. The van der Waals surface area contributed by atoms with Crippen LogP contribution in [0.4, 0.5) is 0 Å². The highest BCUT2D eigenvalue weighted by atomic mass is 16.2. The normalized spacial score (nSPS) is 16.6. The summed E-state index contributed by atoms with van der Waals surface area (Å²) in [6, 6.07) is -0.178. The molecule has 1 unspecified atom stereocenters. The predicted molar refractivity (Wildman–Crippen MR) is 77.2 cm³/mol. The van der Waals surface area contributed by atoms with Crippen LogP contribution in [0.3, 0.4) is 0 Å². The number of carbonyl (C=O) groups is 2. The van der Waals surface area contributed by atoms with Crippen LogP contribution in [-0.4, -0.2) is 44.6 Å². The van der Waals surface area contributed by atoms with E-state index in [0.29, 0.717) is 18.9 Å². The van der Waals surface area contributed by atoms with Gasteiger partial charge in [-0.1, -0.05) is 13.8 Å². The maximum absolute atomic E-state index is 12.2. The number of hydrogen-bond acceptors (Lipinski definition) is 4. The van der Waals surface area contributed by atoms with Gasteiger partial charge in [-0.2, -0.15) is 5.10 Å². The Balaban J connectivity index is 1.99. The number of carbonyl (C=O) groups excluding carboxylic acids is 2. The number of nitrogens with zero attached hydrogens (tertiary/aromatic N) is 4. The molecule has 1 saturated heterocycles. The van der Waals surface area contributed by atoms with Gasteiger partial charge in [0.25, 0.3) is 0 Å². The lowest BCUT2D eigenvalue weighted by Gasteiger charge is -2.22. The van der Waals surface area contributed by atoms with E-state index >= 15 is 0 Å². The summed E-state index contributed by atoms with van der Waals surface area (Å²) in [5.41, 5.74) is 0. The standard InChI is InChI=1S/C14H23N5O2/c1-10(2)7-11(14-15-9-16-18(14)3)17-12(20)8-19-6-4-5-13(19)21/h9-11H,4-8H2,1-3H3,(H,17,20). The molecule has 116 valence electrons. The first kappa shape index (κ1) is 15.5. The Bertz CT molecular complexity index is 511. The minimum atomic E-state index is -0.178. The molecule has 7 heteroatoms. The number of nitrogens with one attached hydrogen (secondary N) is 1. The molecule has 0 radical (unpaired) electrons. The zero-order valence-electron chi connectivity index (χ0n) is 12.9.